The van der Waals surface area contributed by atoms with Crippen LogP contribution in [0.5, 0.6) is 0 Å². The Labute approximate surface area is 131 Å². The summed E-state index contributed by atoms with van der Waals surface area (Å²) in [6, 6.07) is 1.96. The predicted molar refractivity (Wildman–Crippen MR) is 83.8 cm³/mol. The number of hydrogen-bond donors (Lipinski definition) is 1. The molecule has 1 unspecified atom stereocenters. The Morgan fingerprint density at radius 3 is 2.91 bits per heavy atom. The van der Waals surface area contributed by atoms with Gasteiger partial charge in [-0.1, -0.05) is 0 Å². The Morgan fingerprint density at radius 2 is 2.27 bits per heavy atom. The van der Waals surface area contributed by atoms with Crippen molar-refractivity contribution >= 4 is 11.7 Å². The van der Waals surface area contributed by atoms with Gasteiger partial charge in [0.2, 0.25) is 5.91 Å². The molecule has 2 saturated heterocycles. The summed E-state index contributed by atoms with van der Waals surface area (Å²) in [6.45, 7) is 8.76. The van der Waals surface area contributed by atoms with Crippen molar-refractivity contribution in [3.05, 3.63) is 17.6 Å². The van der Waals surface area contributed by atoms with Crippen molar-refractivity contribution in [2.75, 3.05) is 31.6 Å². The molecule has 3 heterocycles. The number of hydrogen-bond acceptors (Lipinski definition) is 5. The number of anilines is 1. The van der Waals surface area contributed by atoms with Gasteiger partial charge in [-0.05, 0) is 26.7 Å². The molecule has 2 aliphatic rings. The molecule has 0 aliphatic carbocycles. The number of ether oxygens (including phenoxy) is 1. The minimum absolute atomic E-state index is 0.0963. The molecule has 0 saturated carbocycles. The largest absolute Gasteiger partial charge is 0.373 e. The smallest absolute Gasteiger partial charge is 0.219 e. The van der Waals surface area contributed by atoms with Crippen molar-refractivity contribution in [3.8, 4) is 0 Å². The highest BCUT2D eigenvalue weighted by Gasteiger charge is 2.33. The van der Waals surface area contributed by atoms with Crippen LogP contribution in [0.2, 0.25) is 0 Å². The van der Waals surface area contributed by atoms with Gasteiger partial charge in [0.15, 0.2) is 0 Å². The number of amides is 1. The highest BCUT2D eigenvalue weighted by molar-refractivity contribution is 5.74. The molecular formula is C16H24N4O2. The molecule has 1 N–H and O–H groups in total. The fourth-order valence-electron chi connectivity index (χ4n) is 3.02. The molecule has 6 heteroatoms. The Kier molecular flexibility index (Phi) is 4.04. The number of aromatic nitrogens is 2. The molecule has 0 bridgehead atoms. The molecule has 0 spiro atoms. The molecule has 1 amide bonds. The van der Waals surface area contributed by atoms with Crippen LogP contribution in [0.15, 0.2) is 6.07 Å². The lowest BCUT2D eigenvalue weighted by atomic mass is 9.99. The van der Waals surface area contributed by atoms with Crippen LogP contribution in [-0.4, -0.2) is 52.6 Å². The first kappa shape index (κ1) is 15.2. The molecule has 0 radical (unpaired) electrons. The van der Waals surface area contributed by atoms with E-state index in [-0.39, 0.29) is 17.4 Å². The van der Waals surface area contributed by atoms with Gasteiger partial charge in [-0.2, -0.15) is 0 Å². The zero-order valence-electron chi connectivity index (χ0n) is 13.6. The van der Waals surface area contributed by atoms with Gasteiger partial charge in [0.05, 0.1) is 11.5 Å². The summed E-state index contributed by atoms with van der Waals surface area (Å²) in [5.74, 6) is 2.05. The minimum Gasteiger partial charge on any atom is -0.373 e. The molecule has 2 fully saturated rings. The van der Waals surface area contributed by atoms with Crippen molar-refractivity contribution < 1.29 is 9.53 Å². The number of rotatable bonds is 4. The predicted octanol–water partition coefficient (Wildman–Crippen LogP) is 1.71. The third-order valence-corrected chi connectivity index (χ3v) is 4.51. The molecule has 6 nitrogen and oxygen atoms in total. The highest BCUT2D eigenvalue weighted by Crippen LogP contribution is 2.27. The van der Waals surface area contributed by atoms with Crippen LogP contribution >= 0.6 is 0 Å². The van der Waals surface area contributed by atoms with Gasteiger partial charge in [-0.25, -0.2) is 9.97 Å². The highest BCUT2D eigenvalue weighted by atomic mass is 16.5. The Hall–Kier alpha value is -1.69. The molecule has 22 heavy (non-hydrogen) atoms. The number of nitrogens with zero attached hydrogens (tertiary/aromatic N) is 3. The van der Waals surface area contributed by atoms with E-state index in [1.54, 1.807) is 6.92 Å². The first-order valence-electron chi connectivity index (χ1n) is 7.94. The van der Waals surface area contributed by atoms with Crippen LogP contribution in [0.1, 0.15) is 44.1 Å². The van der Waals surface area contributed by atoms with Crippen molar-refractivity contribution in [3.63, 3.8) is 0 Å². The first-order valence-corrected chi connectivity index (χ1v) is 7.94. The van der Waals surface area contributed by atoms with E-state index in [4.69, 9.17) is 4.74 Å². The lowest BCUT2D eigenvalue weighted by Gasteiger charge is -2.37. The quantitative estimate of drug-likeness (QED) is 0.917. The molecule has 1 aromatic rings. The van der Waals surface area contributed by atoms with Crippen LogP contribution in [0.4, 0.5) is 5.82 Å². The maximum Gasteiger partial charge on any atom is 0.219 e. The van der Waals surface area contributed by atoms with E-state index in [9.17, 15) is 4.79 Å². The summed E-state index contributed by atoms with van der Waals surface area (Å²) >= 11 is 0. The van der Waals surface area contributed by atoms with Gasteiger partial charge < -0.3 is 15.0 Å². The average molecular weight is 304 g/mol. The van der Waals surface area contributed by atoms with Crippen LogP contribution in [0.25, 0.3) is 0 Å². The zero-order valence-corrected chi connectivity index (χ0v) is 13.6. The normalized spacial score (nSPS) is 25.1. The maximum absolute atomic E-state index is 11.3. The standard InChI is InChI=1S/C16H24N4O2/c1-11-7-14(17-10-16(3)5-4-6-22-16)19-15(18-11)13-8-20(9-13)12(2)21/h7,13H,4-6,8-10H2,1-3H3,(H,17,18,19). The monoisotopic (exact) mass is 304 g/mol. The fraction of sp³-hybridized carbons (Fsp3) is 0.688. The van der Waals surface area contributed by atoms with Crippen molar-refractivity contribution in [2.45, 2.75) is 45.1 Å². The number of aryl methyl sites for hydroxylation is 1. The number of carbonyl (C=O) groups excluding carboxylic acids is 1. The molecule has 1 atom stereocenters. The van der Waals surface area contributed by atoms with Crippen LogP contribution < -0.4 is 5.32 Å². The lowest BCUT2D eigenvalue weighted by Crippen LogP contribution is -2.48. The van der Waals surface area contributed by atoms with E-state index < -0.39 is 0 Å². The summed E-state index contributed by atoms with van der Waals surface area (Å²) < 4.78 is 5.79. The maximum atomic E-state index is 11.3. The van der Waals surface area contributed by atoms with Gasteiger partial charge in [0, 0.05) is 44.9 Å². The second kappa shape index (κ2) is 5.83. The Morgan fingerprint density at radius 1 is 1.50 bits per heavy atom. The first-order chi connectivity index (χ1) is 10.5. The van der Waals surface area contributed by atoms with Crippen molar-refractivity contribution in [2.24, 2.45) is 0 Å². The molecule has 2 aliphatic heterocycles. The second-order valence-corrected chi connectivity index (χ2v) is 6.63. The number of likely N-dealkylation sites (tertiary alicyclic amines) is 1. The van der Waals surface area contributed by atoms with Gasteiger partial charge in [0.1, 0.15) is 11.6 Å². The van der Waals surface area contributed by atoms with E-state index in [0.717, 1.165) is 56.4 Å². The van der Waals surface area contributed by atoms with Crippen LogP contribution in [0, 0.1) is 6.92 Å². The third kappa shape index (κ3) is 3.21. The van der Waals surface area contributed by atoms with Crippen molar-refractivity contribution in [1.29, 1.82) is 0 Å². The SMILES string of the molecule is CC(=O)N1CC(c2nc(C)cc(NCC3(C)CCCO3)n2)C1. The fourth-order valence-corrected chi connectivity index (χ4v) is 3.02. The van der Waals surface area contributed by atoms with Gasteiger partial charge in [-0.15, -0.1) is 0 Å². The summed E-state index contributed by atoms with van der Waals surface area (Å²) in [4.78, 5) is 22.2. The zero-order chi connectivity index (χ0) is 15.7. The van der Waals surface area contributed by atoms with Crippen molar-refractivity contribution in [1.82, 2.24) is 14.9 Å². The summed E-state index contributed by atoms with van der Waals surface area (Å²) in [6.07, 6.45) is 2.20. The topological polar surface area (TPSA) is 67.4 Å². The summed E-state index contributed by atoms with van der Waals surface area (Å²) in [7, 11) is 0. The Bertz CT molecular complexity index is 563. The lowest BCUT2D eigenvalue weighted by molar-refractivity contribution is -0.133. The second-order valence-electron chi connectivity index (χ2n) is 6.63. The molecule has 1 aromatic heterocycles. The third-order valence-electron chi connectivity index (χ3n) is 4.51. The van der Waals surface area contributed by atoms with Gasteiger partial charge >= 0.3 is 0 Å². The van der Waals surface area contributed by atoms with Gasteiger partial charge in [-0.3, -0.25) is 4.79 Å². The molecule has 0 aromatic carbocycles. The molecule has 3 rings (SSSR count). The van der Waals surface area contributed by atoms with E-state index in [1.807, 2.05) is 17.9 Å². The average Bonchev–Trinajstić information content (AvgIpc) is 2.81. The van der Waals surface area contributed by atoms with E-state index in [1.165, 1.54) is 0 Å². The van der Waals surface area contributed by atoms with E-state index >= 15 is 0 Å². The Balaban J connectivity index is 1.64. The molecular weight excluding hydrogens is 280 g/mol. The van der Waals surface area contributed by atoms with Crippen LogP contribution in [0.3, 0.4) is 0 Å². The van der Waals surface area contributed by atoms with E-state index in [2.05, 4.69) is 22.2 Å². The number of nitrogens with one attached hydrogen (secondary N) is 1. The van der Waals surface area contributed by atoms with Gasteiger partial charge in [0.25, 0.3) is 0 Å². The van der Waals surface area contributed by atoms with E-state index in [0.29, 0.717) is 0 Å². The minimum atomic E-state index is -0.0963. The summed E-state index contributed by atoms with van der Waals surface area (Å²) in [5, 5.41) is 3.39. The van der Waals surface area contributed by atoms with Crippen LogP contribution in [-0.2, 0) is 9.53 Å². The summed E-state index contributed by atoms with van der Waals surface area (Å²) in [5.41, 5.74) is 0.854. The number of carbonyl (C=O) groups is 1. The molecule has 120 valence electrons.